The van der Waals surface area contributed by atoms with Gasteiger partial charge in [0.15, 0.2) is 0 Å². The highest BCUT2D eigenvalue weighted by Gasteiger charge is 2.18. The van der Waals surface area contributed by atoms with E-state index in [-0.39, 0.29) is 27.8 Å². The first-order valence-corrected chi connectivity index (χ1v) is 8.83. The lowest BCUT2D eigenvalue weighted by Crippen LogP contribution is -2.14. The van der Waals surface area contributed by atoms with Crippen LogP contribution in [0.25, 0.3) is 0 Å². The zero-order valence-corrected chi connectivity index (χ0v) is 15.5. The number of hydrogen-bond acceptors (Lipinski definition) is 5. The molecule has 0 bridgehead atoms. The SMILES string of the molecule is Cc1ccc(NC(=O)CSc2ccc(C(N)=O)cc2[N+](=O)[O-])cc1Br. The van der Waals surface area contributed by atoms with Crippen LogP contribution in [0.5, 0.6) is 0 Å². The molecule has 0 saturated heterocycles. The van der Waals surface area contributed by atoms with Crippen molar-refractivity contribution in [2.75, 3.05) is 11.1 Å². The van der Waals surface area contributed by atoms with E-state index in [0.29, 0.717) is 5.69 Å². The van der Waals surface area contributed by atoms with Crippen molar-refractivity contribution in [3.05, 3.63) is 62.1 Å². The number of benzene rings is 2. The lowest BCUT2D eigenvalue weighted by Gasteiger charge is -2.07. The minimum absolute atomic E-state index is 0.0117. The van der Waals surface area contributed by atoms with Crippen LogP contribution in [0.4, 0.5) is 11.4 Å². The quantitative estimate of drug-likeness (QED) is 0.419. The molecule has 0 aliphatic rings. The lowest BCUT2D eigenvalue weighted by molar-refractivity contribution is -0.387. The van der Waals surface area contributed by atoms with Gasteiger partial charge in [-0.3, -0.25) is 19.7 Å². The summed E-state index contributed by atoms with van der Waals surface area (Å²) >= 11 is 4.40. The number of carbonyl (C=O) groups is 2. The second kappa shape index (κ2) is 8.13. The molecule has 3 N–H and O–H groups in total. The molecule has 0 heterocycles. The highest BCUT2D eigenvalue weighted by atomic mass is 79.9. The van der Waals surface area contributed by atoms with Crippen LogP contribution >= 0.6 is 27.7 Å². The summed E-state index contributed by atoms with van der Waals surface area (Å²) in [5.74, 6) is -1.06. The number of hydrogen-bond donors (Lipinski definition) is 2. The Morgan fingerprint density at radius 2 is 2.00 bits per heavy atom. The van der Waals surface area contributed by atoms with Crippen molar-refractivity contribution in [2.45, 2.75) is 11.8 Å². The Kier molecular flexibility index (Phi) is 6.16. The van der Waals surface area contributed by atoms with Crippen molar-refractivity contribution in [3.8, 4) is 0 Å². The normalized spacial score (nSPS) is 10.3. The van der Waals surface area contributed by atoms with Crippen LogP contribution in [0.1, 0.15) is 15.9 Å². The number of aryl methyl sites for hydroxylation is 1. The van der Waals surface area contributed by atoms with Gasteiger partial charge in [-0.1, -0.05) is 22.0 Å². The summed E-state index contributed by atoms with van der Waals surface area (Å²) in [6.45, 7) is 1.93. The lowest BCUT2D eigenvalue weighted by atomic mass is 10.2. The molecule has 0 atom stereocenters. The minimum atomic E-state index is -0.748. The summed E-state index contributed by atoms with van der Waals surface area (Å²) in [5, 5.41) is 13.9. The van der Waals surface area contributed by atoms with Gasteiger partial charge in [0, 0.05) is 21.8 Å². The maximum atomic E-state index is 12.0. The van der Waals surface area contributed by atoms with E-state index in [1.807, 2.05) is 13.0 Å². The van der Waals surface area contributed by atoms with Crippen molar-refractivity contribution < 1.29 is 14.5 Å². The largest absolute Gasteiger partial charge is 0.366 e. The molecular formula is C16H14BrN3O4S. The first kappa shape index (κ1) is 18.9. The van der Waals surface area contributed by atoms with Crippen molar-refractivity contribution in [1.29, 1.82) is 0 Å². The number of primary amides is 1. The maximum Gasteiger partial charge on any atom is 0.283 e. The van der Waals surface area contributed by atoms with Crippen LogP contribution in [0.3, 0.4) is 0 Å². The highest BCUT2D eigenvalue weighted by molar-refractivity contribution is 9.10. The molecule has 2 rings (SSSR count). The van der Waals surface area contributed by atoms with Crippen molar-refractivity contribution >= 4 is 50.9 Å². The maximum absolute atomic E-state index is 12.0. The molecule has 0 aliphatic heterocycles. The number of halogens is 1. The fourth-order valence-electron chi connectivity index (χ4n) is 1.95. The topological polar surface area (TPSA) is 115 Å². The molecule has 9 heteroatoms. The molecule has 130 valence electrons. The van der Waals surface area contributed by atoms with Gasteiger partial charge < -0.3 is 11.1 Å². The number of thioether (sulfide) groups is 1. The standard InChI is InChI=1S/C16H14BrN3O4S/c1-9-2-4-11(7-12(9)17)19-15(21)8-25-14-5-3-10(16(18)22)6-13(14)20(23)24/h2-7H,8H2,1H3,(H2,18,22)(H,19,21). The van der Waals surface area contributed by atoms with Gasteiger partial charge in [-0.25, -0.2) is 0 Å². The zero-order chi connectivity index (χ0) is 18.6. The summed E-state index contributed by atoms with van der Waals surface area (Å²) in [4.78, 5) is 34.0. The summed E-state index contributed by atoms with van der Waals surface area (Å²) in [6, 6.07) is 9.33. The first-order chi connectivity index (χ1) is 11.8. The Bertz CT molecular complexity index is 857. The summed E-state index contributed by atoms with van der Waals surface area (Å²) in [5.41, 5.74) is 6.58. The third-order valence-electron chi connectivity index (χ3n) is 3.25. The number of carbonyl (C=O) groups excluding carboxylic acids is 2. The summed E-state index contributed by atoms with van der Waals surface area (Å²) < 4.78 is 0.871. The number of nitrogens with one attached hydrogen (secondary N) is 1. The second-order valence-corrected chi connectivity index (χ2v) is 6.98. The molecule has 25 heavy (non-hydrogen) atoms. The van der Waals surface area contributed by atoms with Crippen LogP contribution in [0.15, 0.2) is 45.8 Å². The molecule has 2 amide bonds. The van der Waals surface area contributed by atoms with Gasteiger partial charge in [0.25, 0.3) is 5.69 Å². The molecule has 2 aromatic rings. The van der Waals surface area contributed by atoms with E-state index in [4.69, 9.17) is 5.73 Å². The third-order valence-corrected chi connectivity index (χ3v) is 5.17. The molecule has 7 nitrogen and oxygen atoms in total. The van der Waals surface area contributed by atoms with E-state index >= 15 is 0 Å². The molecule has 0 aromatic heterocycles. The van der Waals surface area contributed by atoms with Crippen LogP contribution in [-0.4, -0.2) is 22.5 Å². The molecular weight excluding hydrogens is 410 g/mol. The number of nitro groups is 1. The van der Waals surface area contributed by atoms with E-state index in [0.717, 1.165) is 27.9 Å². The van der Waals surface area contributed by atoms with E-state index in [2.05, 4.69) is 21.2 Å². The van der Waals surface area contributed by atoms with E-state index in [1.165, 1.54) is 12.1 Å². The van der Waals surface area contributed by atoms with Crippen LogP contribution < -0.4 is 11.1 Å². The van der Waals surface area contributed by atoms with Crippen molar-refractivity contribution in [3.63, 3.8) is 0 Å². The number of amides is 2. The average molecular weight is 424 g/mol. The minimum Gasteiger partial charge on any atom is -0.366 e. The van der Waals surface area contributed by atoms with Crippen LogP contribution in [0.2, 0.25) is 0 Å². The fraction of sp³-hybridized carbons (Fsp3) is 0.125. The van der Waals surface area contributed by atoms with E-state index < -0.39 is 10.8 Å². The third kappa shape index (κ3) is 5.04. The van der Waals surface area contributed by atoms with Gasteiger partial charge in [-0.05, 0) is 36.8 Å². The van der Waals surface area contributed by atoms with Gasteiger partial charge in [-0.15, -0.1) is 11.8 Å². The number of anilines is 1. The molecule has 0 radical (unpaired) electrons. The Morgan fingerprint density at radius 1 is 1.28 bits per heavy atom. The Labute approximate surface area is 156 Å². The smallest absolute Gasteiger partial charge is 0.283 e. The second-order valence-electron chi connectivity index (χ2n) is 5.10. The fourth-order valence-corrected chi connectivity index (χ4v) is 3.13. The number of nitrogens with two attached hydrogens (primary N) is 1. The van der Waals surface area contributed by atoms with Gasteiger partial charge in [0.2, 0.25) is 11.8 Å². The predicted molar refractivity (Wildman–Crippen MR) is 99.8 cm³/mol. The first-order valence-electron chi connectivity index (χ1n) is 7.05. The van der Waals surface area contributed by atoms with Crippen LogP contribution in [-0.2, 0) is 4.79 Å². The molecule has 2 aromatic carbocycles. The van der Waals surface area contributed by atoms with Gasteiger partial charge in [-0.2, -0.15) is 0 Å². The zero-order valence-electron chi connectivity index (χ0n) is 13.1. The molecule has 0 aliphatic carbocycles. The number of nitro benzene ring substituents is 1. The Morgan fingerprint density at radius 3 is 2.60 bits per heavy atom. The molecule has 0 spiro atoms. The molecule has 0 unspecified atom stereocenters. The van der Waals surface area contributed by atoms with Crippen molar-refractivity contribution in [2.24, 2.45) is 5.73 Å². The monoisotopic (exact) mass is 423 g/mol. The molecule has 0 saturated carbocycles. The van der Waals surface area contributed by atoms with E-state index in [1.54, 1.807) is 12.1 Å². The predicted octanol–water partition coefficient (Wildman–Crippen LogP) is 3.50. The number of rotatable bonds is 6. The van der Waals surface area contributed by atoms with Crippen molar-refractivity contribution in [1.82, 2.24) is 0 Å². The summed E-state index contributed by atoms with van der Waals surface area (Å²) in [6.07, 6.45) is 0. The Balaban J connectivity index is 2.07. The van der Waals surface area contributed by atoms with E-state index in [9.17, 15) is 19.7 Å². The van der Waals surface area contributed by atoms with Crippen LogP contribution in [0, 0.1) is 17.0 Å². The Hall–Kier alpha value is -2.39. The van der Waals surface area contributed by atoms with Gasteiger partial charge in [0.1, 0.15) is 0 Å². The average Bonchev–Trinajstić information content (AvgIpc) is 2.56. The highest BCUT2D eigenvalue weighted by Crippen LogP contribution is 2.30. The number of nitrogens with zero attached hydrogens (tertiary/aromatic N) is 1. The van der Waals surface area contributed by atoms with Gasteiger partial charge >= 0.3 is 0 Å². The molecule has 0 fully saturated rings. The van der Waals surface area contributed by atoms with Gasteiger partial charge in [0.05, 0.1) is 15.6 Å². The summed E-state index contributed by atoms with van der Waals surface area (Å²) in [7, 11) is 0.